The van der Waals surface area contributed by atoms with Crippen molar-refractivity contribution in [3.63, 3.8) is 0 Å². The van der Waals surface area contributed by atoms with Crippen LogP contribution in [0.1, 0.15) is 42.4 Å². The van der Waals surface area contributed by atoms with Crippen molar-refractivity contribution in [2.75, 3.05) is 33.1 Å². The van der Waals surface area contributed by atoms with Gasteiger partial charge in [-0.15, -0.1) is 0 Å². The van der Waals surface area contributed by atoms with Gasteiger partial charge in [0, 0.05) is 30.9 Å². The summed E-state index contributed by atoms with van der Waals surface area (Å²) in [7, 11) is 0. The van der Waals surface area contributed by atoms with Crippen molar-refractivity contribution in [2.24, 2.45) is 0 Å². The van der Waals surface area contributed by atoms with Gasteiger partial charge in [-0.1, -0.05) is 0 Å². The minimum atomic E-state index is -0.346. The van der Waals surface area contributed by atoms with Crippen LogP contribution in [0.4, 0.5) is 0 Å². The standard InChI is InChI=1S/C22H27N3O4/c1-3-26-18-10-20-19(27-14-28-20)9-17(18)12-25-7-4-6-22(13-25)21-16(5-8-29-22)11-23-15(2)24-21/h9-11H,3-8,12-14H2,1-2H3/t22-/m0/s1. The van der Waals surface area contributed by atoms with Gasteiger partial charge in [-0.05, 0) is 51.3 Å². The Balaban J connectivity index is 1.43. The molecule has 1 aromatic carbocycles. The van der Waals surface area contributed by atoms with Crippen molar-refractivity contribution >= 4 is 0 Å². The third kappa shape index (κ3) is 3.42. The average molecular weight is 397 g/mol. The number of aromatic nitrogens is 2. The topological polar surface area (TPSA) is 65.9 Å². The molecule has 0 radical (unpaired) electrons. The van der Waals surface area contributed by atoms with Gasteiger partial charge in [0.2, 0.25) is 6.79 Å². The highest BCUT2D eigenvalue weighted by Gasteiger charge is 2.43. The fourth-order valence-electron chi connectivity index (χ4n) is 4.67. The second-order valence-corrected chi connectivity index (χ2v) is 7.94. The smallest absolute Gasteiger partial charge is 0.231 e. The summed E-state index contributed by atoms with van der Waals surface area (Å²) in [5, 5.41) is 0. The van der Waals surface area contributed by atoms with E-state index in [1.54, 1.807) is 0 Å². The van der Waals surface area contributed by atoms with Crippen LogP contribution in [0.25, 0.3) is 0 Å². The van der Waals surface area contributed by atoms with Crippen molar-refractivity contribution in [3.8, 4) is 17.2 Å². The molecule has 7 heteroatoms. The highest BCUT2D eigenvalue weighted by molar-refractivity contribution is 5.52. The minimum absolute atomic E-state index is 0.265. The number of aryl methyl sites for hydroxylation is 1. The maximum Gasteiger partial charge on any atom is 0.231 e. The lowest BCUT2D eigenvalue weighted by Gasteiger charge is -2.45. The van der Waals surface area contributed by atoms with Gasteiger partial charge in [0.05, 0.1) is 18.9 Å². The summed E-state index contributed by atoms with van der Waals surface area (Å²) in [6, 6.07) is 4.00. The van der Waals surface area contributed by atoms with Crippen LogP contribution in [-0.4, -0.2) is 48.0 Å². The molecule has 1 fully saturated rings. The van der Waals surface area contributed by atoms with Gasteiger partial charge in [-0.3, -0.25) is 4.90 Å². The molecule has 0 bridgehead atoms. The van der Waals surface area contributed by atoms with Crippen LogP contribution in [0.2, 0.25) is 0 Å². The molecule has 3 aliphatic rings. The van der Waals surface area contributed by atoms with Gasteiger partial charge < -0.3 is 18.9 Å². The summed E-state index contributed by atoms with van der Waals surface area (Å²) in [4.78, 5) is 11.6. The maximum atomic E-state index is 6.40. The van der Waals surface area contributed by atoms with E-state index in [-0.39, 0.29) is 12.4 Å². The summed E-state index contributed by atoms with van der Waals surface area (Å²) in [5.74, 6) is 3.21. The molecule has 4 heterocycles. The zero-order valence-corrected chi connectivity index (χ0v) is 17.1. The summed E-state index contributed by atoms with van der Waals surface area (Å²) in [6.45, 7) is 8.16. The SMILES string of the molecule is CCOc1cc2c(cc1CN1CCC[C@@]3(C1)OCCc1cnc(C)nc13)OCO2. The molecule has 1 saturated heterocycles. The molecule has 1 spiro atoms. The second-order valence-electron chi connectivity index (χ2n) is 7.94. The first kappa shape index (κ1) is 18.6. The average Bonchev–Trinajstić information content (AvgIpc) is 3.17. The van der Waals surface area contributed by atoms with Gasteiger partial charge in [0.1, 0.15) is 17.2 Å². The van der Waals surface area contributed by atoms with E-state index in [9.17, 15) is 0 Å². The molecule has 0 amide bonds. The highest BCUT2D eigenvalue weighted by atomic mass is 16.7. The summed E-state index contributed by atoms with van der Waals surface area (Å²) < 4.78 is 23.4. The highest BCUT2D eigenvalue weighted by Crippen LogP contribution is 2.42. The zero-order valence-electron chi connectivity index (χ0n) is 17.1. The van der Waals surface area contributed by atoms with Crippen LogP contribution in [-0.2, 0) is 23.3 Å². The largest absolute Gasteiger partial charge is 0.493 e. The van der Waals surface area contributed by atoms with Crippen LogP contribution < -0.4 is 14.2 Å². The van der Waals surface area contributed by atoms with Gasteiger partial charge in [0.15, 0.2) is 11.5 Å². The minimum Gasteiger partial charge on any atom is -0.493 e. The molecule has 0 N–H and O–H groups in total. The first-order valence-electron chi connectivity index (χ1n) is 10.4. The normalized spacial score (nSPS) is 23.2. The lowest BCUT2D eigenvalue weighted by molar-refractivity contribution is -0.109. The number of likely N-dealkylation sites (tertiary alicyclic amines) is 1. The van der Waals surface area contributed by atoms with Gasteiger partial charge in [0.25, 0.3) is 0 Å². The monoisotopic (exact) mass is 397 g/mol. The van der Waals surface area contributed by atoms with Crippen molar-refractivity contribution in [3.05, 3.63) is 41.0 Å². The van der Waals surface area contributed by atoms with Gasteiger partial charge >= 0.3 is 0 Å². The Labute approximate surface area is 171 Å². The summed E-state index contributed by atoms with van der Waals surface area (Å²) >= 11 is 0. The summed E-state index contributed by atoms with van der Waals surface area (Å²) in [5.41, 5.74) is 3.07. The van der Waals surface area contributed by atoms with Crippen molar-refractivity contribution in [1.29, 1.82) is 0 Å². The zero-order chi connectivity index (χ0) is 19.8. The number of nitrogens with zero attached hydrogens (tertiary/aromatic N) is 3. The van der Waals surface area contributed by atoms with Crippen LogP contribution >= 0.6 is 0 Å². The van der Waals surface area contributed by atoms with E-state index < -0.39 is 0 Å². The van der Waals surface area contributed by atoms with Gasteiger partial charge in [-0.2, -0.15) is 0 Å². The Kier molecular flexibility index (Phi) is 4.80. The second kappa shape index (κ2) is 7.46. The molecular formula is C22H27N3O4. The first-order chi connectivity index (χ1) is 14.2. The molecule has 1 atom stereocenters. The number of benzene rings is 1. The third-order valence-corrected chi connectivity index (χ3v) is 5.95. The van der Waals surface area contributed by atoms with Crippen LogP contribution in [0, 0.1) is 6.92 Å². The predicted molar refractivity (Wildman–Crippen MR) is 106 cm³/mol. The van der Waals surface area contributed by atoms with E-state index in [1.165, 1.54) is 5.56 Å². The Morgan fingerprint density at radius 3 is 2.97 bits per heavy atom. The molecule has 3 aliphatic heterocycles. The van der Waals surface area contributed by atoms with Crippen LogP contribution in [0.5, 0.6) is 17.2 Å². The number of hydrogen-bond donors (Lipinski definition) is 0. The lowest BCUT2D eigenvalue weighted by Crippen LogP contribution is -2.50. The Morgan fingerprint density at radius 2 is 2.10 bits per heavy atom. The molecule has 7 nitrogen and oxygen atoms in total. The number of hydrogen-bond acceptors (Lipinski definition) is 7. The number of piperidine rings is 1. The van der Waals surface area contributed by atoms with Crippen LogP contribution in [0.15, 0.2) is 18.3 Å². The summed E-state index contributed by atoms with van der Waals surface area (Å²) in [6.07, 6.45) is 4.92. The molecule has 154 valence electrons. The molecule has 1 aromatic heterocycles. The van der Waals surface area contributed by atoms with Crippen molar-refractivity contribution < 1.29 is 18.9 Å². The molecule has 0 saturated carbocycles. The van der Waals surface area contributed by atoms with E-state index in [1.807, 2.05) is 26.1 Å². The fraction of sp³-hybridized carbons (Fsp3) is 0.545. The predicted octanol–water partition coefficient (Wildman–Crippen LogP) is 2.98. The van der Waals surface area contributed by atoms with E-state index in [0.717, 1.165) is 79.8 Å². The van der Waals surface area contributed by atoms with Crippen molar-refractivity contribution in [1.82, 2.24) is 14.9 Å². The number of fused-ring (bicyclic) bond motifs is 3. The molecule has 2 aromatic rings. The number of ether oxygens (including phenoxy) is 4. The van der Waals surface area contributed by atoms with E-state index in [2.05, 4.69) is 16.0 Å². The molecule has 0 unspecified atom stereocenters. The lowest BCUT2D eigenvalue weighted by atomic mass is 9.84. The first-order valence-corrected chi connectivity index (χ1v) is 10.4. The van der Waals surface area contributed by atoms with E-state index in [0.29, 0.717) is 6.61 Å². The Hall–Kier alpha value is -2.38. The molecule has 5 rings (SSSR count). The van der Waals surface area contributed by atoms with Gasteiger partial charge in [-0.25, -0.2) is 9.97 Å². The Morgan fingerprint density at radius 1 is 1.24 bits per heavy atom. The maximum absolute atomic E-state index is 6.40. The molecule has 0 aliphatic carbocycles. The number of rotatable bonds is 4. The quantitative estimate of drug-likeness (QED) is 0.786. The molecular weight excluding hydrogens is 370 g/mol. The third-order valence-electron chi connectivity index (χ3n) is 5.95. The van der Waals surface area contributed by atoms with E-state index >= 15 is 0 Å². The Bertz CT molecular complexity index is 919. The van der Waals surface area contributed by atoms with E-state index in [4.69, 9.17) is 23.9 Å². The molecule has 29 heavy (non-hydrogen) atoms. The van der Waals surface area contributed by atoms with Crippen molar-refractivity contribution in [2.45, 2.75) is 45.3 Å². The fourth-order valence-corrected chi connectivity index (χ4v) is 4.67. The van der Waals surface area contributed by atoms with Crippen LogP contribution in [0.3, 0.4) is 0 Å².